The Labute approximate surface area is 101 Å². The highest BCUT2D eigenvalue weighted by Crippen LogP contribution is 2.32. The fraction of sp³-hybridized carbons (Fsp3) is 0.200. The summed E-state index contributed by atoms with van der Waals surface area (Å²) in [4.78, 5) is 27.8. The number of hydroxylamine groups is 1. The molecule has 0 saturated carbocycles. The summed E-state index contributed by atoms with van der Waals surface area (Å²) in [5.74, 6) is -1.33. The Hall–Kier alpha value is -1.86. The normalized spacial score (nSPS) is 22.8. The largest absolute Gasteiger partial charge is 0.479 e. The molecule has 0 radical (unpaired) electrons. The molecule has 17 heavy (non-hydrogen) atoms. The molecule has 6 nitrogen and oxygen atoms in total. The molecule has 1 atom stereocenters. The second-order valence-electron chi connectivity index (χ2n) is 3.48. The van der Waals surface area contributed by atoms with Crippen LogP contribution in [0.5, 0.6) is 0 Å². The van der Waals surface area contributed by atoms with E-state index < -0.39 is 11.5 Å². The van der Waals surface area contributed by atoms with Gasteiger partial charge in [-0.2, -0.15) is 0 Å². The topological polar surface area (TPSA) is 87.7 Å². The highest BCUT2D eigenvalue weighted by atomic mass is 32.1. The van der Waals surface area contributed by atoms with E-state index in [1.54, 1.807) is 17.5 Å². The Bertz CT molecular complexity index is 483. The summed E-state index contributed by atoms with van der Waals surface area (Å²) in [7, 11) is 0. The number of hydrogen-bond acceptors (Lipinski definition) is 5. The van der Waals surface area contributed by atoms with Gasteiger partial charge in [-0.1, -0.05) is 6.07 Å². The van der Waals surface area contributed by atoms with Gasteiger partial charge in [-0.25, -0.2) is 4.79 Å². The molecular weight excluding hydrogens is 244 g/mol. The van der Waals surface area contributed by atoms with Crippen LogP contribution >= 0.6 is 11.3 Å². The molecule has 1 aliphatic rings. The predicted octanol–water partition coefficient (Wildman–Crippen LogP) is 0.540. The van der Waals surface area contributed by atoms with E-state index in [0.717, 1.165) is 0 Å². The Morgan fingerprint density at radius 2 is 2.35 bits per heavy atom. The van der Waals surface area contributed by atoms with Crippen molar-refractivity contribution >= 4 is 23.2 Å². The number of amides is 1. The van der Waals surface area contributed by atoms with E-state index in [9.17, 15) is 14.7 Å². The van der Waals surface area contributed by atoms with Crippen LogP contribution in [0.1, 0.15) is 11.8 Å². The van der Waals surface area contributed by atoms with Gasteiger partial charge >= 0.3 is 5.97 Å². The first-order valence-corrected chi connectivity index (χ1v) is 5.64. The van der Waals surface area contributed by atoms with Crippen LogP contribution in [-0.4, -0.2) is 17.0 Å². The Balaban J connectivity index is 2.36. The fourth-order valence-corrected chi connectivity index (χ4v) is 2.30. The van der Waals surface area contributed by atoms with E-state index >= 15 is 0 Å². The van der Waals surface area contributed by atoms with Crippen LogP contribution in [-0.2, 0) is 20.0 Å². The van der Waals surface area contributed by atoms with E-state index in [-0.39, 0.29) is 11.8 Å². The summed E-state index contributed by atoms with van der Waals surface area (Å²) >= 11 is 1.29. The van der Waals surface area contributed by atoms with Gasteiger partial charge in [0.2, 0.25) is 17.3 Å². The number of carboxylic acid groups (broad SMARTS) is 1. The van der Waals surface area contributed by atoms with Crippen molar-refractivity contribution in [2.24, 2.45) is 0 Å². The van der Waals surface area contributed by atoms with Crippen molar-refractivity contribution in [3.8, 4) is 0 Å². The first-order valence-electron chi connectivity index (χ1n) is 4.76. The average molecular weight is 254 g/mol. The van der Waals surface area contributed by atoms with Gasteiger partial charge in [-0.15, -0.1) is 16.8 Å². The molecule has 0 fully saturated rings. The highest BCUT2D eigenvalue weighted by Gasteiger charge is 2.45. The van der Waals surface area contributed by atoms with E-state index in [0.29, 0.717) is 4.88 Å². The van der Waals surface area contributed by atoms with Crippen molar-refractivity contribution in [2.75, 3.05) is 0 Å². The summed E-state index contributed by atoms with van der Waals surface area (Å²) in [5, 5.41) is 13.5. The third-order valence-electron chi connectivity index (χ3n) is 2.22. The Morgan fingerprint density at radius 1 is 1.59 bits per heavy atom. The zero-order valence-corrected chi connectivity index (χ0v) is 9.71. The monoisotopic (exact) mass is 254 g/mol. The quantitative estimate of drug-likeness (QED) is 0.732. The zero-order chi connectivity index (χ0) is 12.5. The molecular formula is C10H10N2O4S. The summed E-state index contributed by atoms with van der Waals surface area (Å²) in [6.07, 6.45) is 1.34. The van der Waals surface area contributed by atoms with Gasteiger partial charge in [0, 0.05) is 17.9 Å². The number of aliphatic carboxylic acids is 1. The highest BCUT2D eigenvalue weighted by molar-refractivity contribution is 7.10. The van der Waals surface area contributed by atoms with Crippen LogP contribution in [0.15, 0.2) is 29.5 Å². The van der Waals surface area contributed by atoms with Crippen LogP contribution < -0.4 is 10.8 Å². The maximum absolute atomic E-state index is 11.4. The summed E-state index contributed by atoms with van der Waals surface area (Å²) in [5.41, 5.74) is 0.992. The van der Waals surface area contributed by atoms with Crippen LogP contribution in [0.4, 0.5) is 0 Å². The average Bonchev–Trinajstić information content (AvgIpc) is 2.84. The first-order chi connectivity index (χ1) is 8.04. The predicted molar refractivity (Wildman–Crippen MR) is 59.8 cm³/mol. The molecule has 1 aromatic heterocycles. The van der Waals surface area contributed by atoms with E-state index in [2.05, 4.69) is 10.8 Å². The lowest BCUT2D eigenvalue weighted by molar-refractivity contribution is -0.146. The molecule has 1 aromatic rings. The van der Waals surface area contributed by atoms with Gasteiger partial charge in [0.15, 0.2) is 0 Å². The maximum Gasteiger partial charge on any atom is 0.336 e. The lowest BCUT2D eigenvalue weighted by atomic mass is 9.99. The van der Waals surface area contributed by atoms with Crippen molar-refractivity contribution in [3.05, 3.63) is 34.3 Å². The van der Waals surface area contributed by atoms with Crippen molar-refractivity contribution in [1.29, 1.82) is 0 Å². The molecule has 0 spiro atoms. The van der Waals surface area contributed by atoms with Gasteiger partial charge in [0.1, 0.15) is 0 Å². The number of hydrogen-bond donors (Lipinski definition) is 3. The lowest BCUT2D eigenvalue weighted by Crippen LogP contribution is -2.43. The molecule has 2 rings (SSSR count). The van der Waals surface area contributed by atoms with Crippen LogP contribution in [0, 0.1) is 0 Å². The number of carbonyl (C=O) groups excluding carboxylic acids is 1. The van der Waals surface area contributed by atoms with Gasteiger partial charge < -0.3 is 9.94 Å². The third kappa shape index (κ3) is 2.02. The number of nitrogens with one attached hydrogen (secondary N) is 2. The number of carboxylic acids is 1. The molecule has 1 aliphatic heterocycles. The molecule has 0 saturated heterocycles. The smallest absolute Gasteiger partial charge is 0.336 e. The molecule has 0 aliphatic carbocycles. The third-order valence-corrected chi connectivity index (χ3v) is 3.22. The number of carbonyl (C=O) groups is 2. The van der Waals surface area contributed by atoms with Gasteiger partial charge in [0.25, 0.3) is 0 Å². The molecule has 0 bridgehead atoms. The van der Waals surface area contributed by atoms with Crippen molar-refractivity contribution < 1.29 is 19.5 Å². The van der Waals surface area contributed by atoms with Gasteiger partial charge in [-0.05, 0) is 11.4 Å². The van der Waals surface area contributed by atoms with Crippen LogP contribution in [0.2, 0.25) is 0 Å². The minimum absolute atomic E-state index is 0.0910. The molecule has 2 heterocycles. The zero-order valence-electron chi connectivity index (χ0n) is 8.89. The first kappa shape index (κ1) is 11.6. The lowest BCUT2D eigenvalue weighted by Gasteiger charge is -2.18. The van der Waals surface area contributed by atoms with E-state index in [4.69, 9.17) is 4.84 Å². The second-order valence-corrected chi connectivity index (χ2v) is 4.43. The molecule has 1 amide bonds. The Morgan fingerprint density at radius 3 is 2.88 bits per heavy atom. The number of rotatable bonds is 3. The molecule has 1 unspecified atom stereocenters. The second kappa shape index (κ2) is 4.19. The van der Waals surface area contributed by atoms with E-state index in [1.165, 1.54) is 24.3 Å². The summed E-state index contributed by atoms with van der Waals surface area (Å²) < 4.78 is 0. The summed E-state index contributed by atoms with van der Waals surface area (Å²) in [6.45, 7) is 1.32. The minimum Gasteiger partial charge on any atom is -0.479 e. The SMILES string of the molecule is CC(=O)NC1=CC(C(=O)O)(c2cccs2)NO1. The van der Waals surface area contributed by atoms with Crippen LogP contribution in [0.3, 0.4) is 0 Å². The van der Waals surface area contributed by atoms with Gasteiger partial charge in [0.05, 0.1) is 0 Å². The standard InChI is InChI=1S/C10H10N2O4S/c1-6(13)11-8-5-10(9(14)15,12-16-8)7-3-2-4-17-7/h2-5,12H,1H3,(H,11,13)(H,14,15). The Kier molecular flexibility index (Phi) is 2.86. The molecule has 0 aromatic carbocycles. The van der Waals surface area contributed by atoms with Crippen LogP contribution in [0.25, 0.3) is 0 Å². The minimum atomic E-state index is -1.44. The van der Waals surface area contributed by atoms with Crippen molar-refractivity contribution in [1.82, 2.24) is 10.8 Å². The maximum atomic E-state index is 11.4. The molecule has 7 heteroatoms. The van der Waals surface area contributed by atoms with Crippen molar-refractivity contribution in [2.45, 2.75) is 12.5 Å². The van der Waals surface area contributed by atoms with E-state index in [1.807, 2.05) is 0 Å². The number of thiophene rings is 1. The van der Waals surface area contributed by atoms with Crippen molar-refractivity contribution in [3.63, 3.8) is 0 Å². The van der Waals surface area contributed by atoms with Gasteiger partial charge in [-0.3, -0.25) is 10.1 Å². The molecule has 3 N–H and O–H groups in total. The molecule has 90 valence electrons. The fourth-order valence-electron chi connectivity index (χ4n) is 1.46. The summed E-state index contributed by atoms with van der Waals surface area (Å²) in [6, 6.07) is 3.43.